The summed E-state index contributed by atoms with van der Waals surface area (Å²) in [6, 6.07) is 1.02. The van der Waals surface area contributed by atoms with Gasteiger partial charge in [0.15, 0.2) is 0 Å². The third-order valence-corrected chi connectivity index (χ3v) is 2.66. The Bertz CT molecular complexity index is 560. The van der Waals surface area contributed by atoms with E-state index in [1.807, 2.05) is 0 Å². The molecular formula is C11H14N4O5. The number of nitro groups is 1. The maximum atomic E-state index is 11.3. The summed E-state index contributed by atoms with van der Waals surface area (Å²) in [6.45, 7) is 1.58. The SMILES string of the molecule is CC(CN(C)c1ncc([N+](=O)[O-])cc1C(N)=O)C(=O)O. The summed E-state index contributed by atoms with van der Waals surface area (Å²) in [5.41, 5.74) is 4.68. The normalized spacial score (nSPS) is 11.7. The molecule has 1 heterocycles. The van der Waals surface area contributed by atoms with Crippen LogP contribution in [0.3, 0.4) is 0 Å². The molecule has 20 heavy (non-hydrogen) atoms. The lowest BCUT2D eigenvalue weighted by Gasteiger charge is -2.21. The highest BCUT2D eigenvalue weighted by Gasteiger charge is 2.21. The Kier molecular flexibility index (Phi) is 4.57. The molecule has 0 saturated carbocycles. The predicted octanol–water partition coefficient (Wildman–Crippen LogP) is 0.246. The van der Waals surface area contributed by atoms with Gasteiger partial charge in [0.2, 0.25) is 0 Å². The van der Waals surface area contributed by atoms with Crippen LogP contribution >= 0.6 is 0 Å². The number of nitrogens with zero attached hydrogens (tertiary/aromatic N) is 3. The first-order valence-corrected chi connectivity index (χ1v) is 5.62. The van der Waals surface area contributed by atoms with Crippen molar-refractivity contribution >= 4 is 23.4 Å². The minimum Gasteiger partial charge on any atom is -0.481 e. The first kappa shape index (κ1) is 15.3. The average molecular weight is 282 g/mol. The van der Waals surface area contributed by atoms with E-state index in [4.69, 9.17) is 10.8 Å². The van der Waals surface area contributed by atoms with Gasteiger partial charge in [0.25, 0.3) is 11.6 Å². The summed E-state index contributed by atoms with van der Waals surface area (Å²) in [5, 5.41) is 19.5. The van der Waals surface area contributed by atoms with E-state index in [-0.39, 0.29) is 23.6 Å². The topological polar surface area (TPSA) is 140 Å². The van der Waals surface area contributed by atoms with Crippen molar-refractivity contribution in [2.45, 2.75) is 6.92 Å². The van der Waals surface area contributed by atoms with Gasteiger partial charge in [0.1, 0.15) is 12.0 Å². The molecule has 0 saturated heterocycles. The van der Waals surface area contributed by atoms with Crippen LogP contribution in [0.25, 0.3) is 0 Å². The van der Waals surface area contributed by atoms with Crippen molar-refractivity contribution in [3.8, 4) is 0 Å². The highest BCUT2D eigenvalue weighted by molar-refractivity contribution is 5.98. The van der Waals surface area contributed by atoms with Gasteiger partial charge in [-0.2, -0.15) is 0 Å². The van der Waals surface area contributed by atoms with Gasteiger partial charge >= 0.3 is 5.97 Å². The van der Waals surface area contributed by atoms with Crippen LogP contribution < -0.4 is 10.6 Å². The van der Waals surface area contributed by atoms with Crippen molar-refractivity contribution in [3.63, 3.8) is 0 Å². The number of rotatable bonds is 6. The molecule has 108 valence electrons. The summed E-state index contributed by atoms with van der Waals surface area (Å²) in [4.78, 5) is 37.3. The third-order valence-electron chi connectivity index (χ3n) is 2.66. The molecule has 1 unspecified atom stereocenters. The molecule has 1 aromatic heterocycles. The second kappa shape index (κ2) is 5.95. The maximum absolute atomic E-state index is 11.3. The van der Waals surface area contributed by atoms with Crippen molar-refractivity contribution in [2.24, 2.45) is 11.7 Å². The van der Waals surface area contributed by atoms with Gasteiger partial charge in [-0.05, 0) is 0 Å². The molecular weight excluding hydrogens is 268 g/mol. The summed E-state index contributed by atoms with van der Waals surface area (Å²) >= 11 is 0. The van der Waals surface area contributed by atoms with E-state index >= 15 is 0 Å². The van der Waals surface area contributed by atoms with Gasteiger partial charge in [0.05, 0.1) is 16.4 Å². The number of hydrogen-bond donors (Lipinski definition) is 2. The van der Waals surface area contributed by atoms with Crippen LogP contribution in [0.5, 0.6) is 0 Å². The minimum absolute atomic E-state index is 0.0838. The number of anilines is 1. The number of primary amides is 1. The maximum Gasteiger partial charge on any atom is 0.308 e. The fourth-order valence-electron chi connectivity index (χ4n) is 1.61. The smallest absolute Gasteiger partial charge is 0.308 e. The molecule has 1 amide bonds. The van der Waals surface area contributed by atoms with Gasteiger partial charge in [0, 0.05) is 19.7 Å². The number of amides is 1. The highest BCUT2D eigenvalue weighted by Crippen LogP contribution is 2.22. The molecule has 9 nitrogen and oxygen atoms in total. The van der Waals surface area contributed by atoms with Gasteiger partial charge in [-0.15, -0.1) is 0 Å². The molecule has 9 heteroatoms. The fraction of sp³-hybridized carbons (Fsp3) is 0.364. The molecule has 0 spiro atoms. The van der Waals surface area contributed by atoms with Crippen LogP contribution in [0.15, 0.2) is 12.3 Å². The number of hydrogen-bond acceptors (Lipinski definition) is 6. The molecule has 1 rings (SSSR count). The first-order chi connectivity index (χ1) is 9.23. The molecule has 0 aliphatic carbocycles. The summed E-state index contributed by atoms with van der Waals surface area (Å²) in [7, 11) is 1.53. The van der Waals surface area contributed by atoms with E-state index in [9.17, 15) is 19.7 Å². The highest BCUT2D eigenvalue weighted by atomic mass is 16.6. The second-order valence-electron chi connectivity index (χ2n) is 4.31. The molecule has 0 fully saturated rings. The molecule has 0 bridgehead atoms. The number of carboxylic acids is 1. The Balaban J connectivity index is 3.14. The molecule has 0 aromatic carbocycles. The predicted molar refractivity (Wildman–Crippen MR) is 69.5 cm³/mol. The van der Waals surface area contributed by atoms with Crippen LogP contribution in [0.4, 0.5) is 11.5 Å². The summed E-state index contributed by atoms with van der Waals surface area (Å²) in [5.74, 6) is -2.46. The number of carboxylic acid groups (broad SMARTS) is 1. The van der Waals surface area contributed by atoms with Gasteiger partial charge in [-0.25, -0.2) is 4.98 Å². The van der Waals surface area contributed by atoms with E-state index in [0.29, 0.717) is 0 Å². The monoisotopic (exact) mass is 282 g/mol. The second-order valence-corrected chi connectivity index (χ2v) is 4.31. The van der Waals surface area contributed by atoms with E-state index in [0.717, 1.165) is 12.3 Å². The van der Waals surface area contributed by atoms with Crippen molar-refractivity contribution in [1.29, 1.82) is 0 Å². The zero-order valence-corrected chi connectivity index (χ0v) is 10.9. The van der Waals surface area contributed by atoms with Crippen LogP contribution in [0.1, 0.15) is 17.3 Å². The number of pyridine rings is 1. The number of carbonyl (C=O) groups is 2. The number of nitrogens with two attached hydrogens (primary N) is 1. The Hall–Kier alpha value is -2.71. The minimum atomic E-state index is -1.00. The zero-order valence-electron chi connectivity index (χ0n) is 10.9. The quantitative estimate of drug-likeness (QED) is 0.562. The Morgan fingerprint density at radius 3 is 2.65 bits per heavy atom. The number of aliphatic carboxylic acids is 1. The van der Waals surface area contributed by atoms with Gasteiger partial charge in [-0.3, -0.25) is 19.7 Å². The van der Waals surface area contributed by atoms with E-state index in [2.05, 4.69) is 4.98 Å². The number of aromatic nitrogens is 1. The van der Waals surface area contributed by atoms with Crippen LogP contribution in [0.2, 0.25) is 0 Å². The van der Waals surface area contributed by atoms with E-state index < -0.39 is 22.7 Å². The lowest BCUT2D eigenvalue weighted by Crippen LogP contribution is -2.31. The zero-order chi connectivity index (χ0) is 15.4. The lowest BCUT2D eigenvalue weighted by atomic mass is 10.1. The van der Waals surface area contributed by atoms with Crippen molar-refractivity contribution in [2.75, 3.05) is 18.5 Å². The largest absolute Gasteiger partial charge is 0.481 e. The standard InChI is InChI=1S/C11H14N4O5/c1-6(11(17)18)5-14(2)10-8(9(12)16)3-7(4-13-10)15(19)20/h3-4,6H,5H2,1-2H3,(H2,12,16)(H,17,18). The van der Waals surface area contributed by atoms with Gasteiger partial charge < -0.3 is 15.7 Å². The van der Waals surface area contributed by atoms with Crippen molar-refractivity contribution in [1.82, 2.24) is 4.98 Å². The summed E-state index contributed by atoms with van der Waals surface area (Å²) in [6.07, 6.45) is 0.990. The molecule has 0 aliphatic heterocycles. The lowest BCUT2D eigenvalue weighted by molar-refractivity contribution is -0.385. The van der Waals surface area contributed by atoms with Crippen LogP contribution in [0, 0.1) is 16.0 Å². The Labute approximate surface area is 114 Å². The van der Waals surface area contributed by atoms with Crippen LogP contribution in [-0.4, -0.2) is 40.5 Å². The summed E-state index contributed by atoms with van der Waals surface area (Å²) < 4.78 is 0. The first-order valence-electron chi connectivity index (χ1n) is 5.62. The molecule has 1 atom stereocenters. The van der Waals surface area contributed by atoms with Crippen molar-refractivity contribution < 1.29 is 19.6 Å². The number of carbonyl (C=O) groups excluding carboxylic acids is 1. The molecule has 1 aromatic rings. The third kappa shape index (κ3) is 3.40. The Morgan fingerprint density at radius 2 is 2.20 bits per heavy atom. The molecule has 0 radical (unpaired) electrons. The molecule has 3 N–H and O–H groups in total. The Morgan fingerprint density at radius 1 is 1.60 bits per heavy atom. The average Bonchev–Trinajstić information content (AvgIpc) is 2.37. The van der Waals surface area contributed by atoms with Crippen molar-refractivity contribution in [3.05, 3.63) is 27.9 Å². The fourth-order valence-corrected chi connectivity index (χ4v) is 1.61. The van der Waals surface area contributed by atoms with Gasteiger partial charge in [-0.1, -0.05) is 6.92 Å². The van der Waals surface area contributed by atoms with E-state index in [1.165, 1.54) is 18.9 Å². The van der Waals surface area contributed by atoms with E-state index in [1.54, 1.807) is 0 Å². The molecule has 0 aliphatic rings. The van der Waals surface area contributed by atoms with Crippen LogP contribution in [-0.2, 0) is 4.79 Å².